The summed E-state index contributed by atoms with van der Waals surface area (Å²) in [4.78, 5) is 0. The average molecular weight is 281 g/mol. The first-order chi connectivity index (χ1) is 10.1. The number of rotatable bonds is 3. The normalized spacial score (nSPS) is 10.8. The number of anilines is 1. The second kappa shape index (κ2) is 5.40. The molecular weight excluding hydrogens is 265 g/mol. The van der Waals surface area contributed by atoms with Gasteiger partial charge in [0, 0.05) is 11.8 Å². The Hall–Kier alpha value is -2.62. The summed E-state index contributed by atoms with van der Waals surface area (Å²) in [6, 6.07) is 14.5. The summed E-state index contributed by atoms with van der Waals surface area (Å²) >= 11 is 0. The number of hydrogen-bond donors (Lipinski definition) is 1. The third kappa shape index (κ3) is 2.94. The molecule has 3 aromatic rings. The minimum Gasteiger partial charge on any atom is -0.396 e. The zero-order valence-electron chi connectivity index (χ0n) is 11.8. The van der Waals surface area contributed by atoms with E-state index in [9.17, 15) is 4.39 Å². The first-order valence-corrected chi connectivity index (χ1v) is 6.76. The maximum absolute atomic E-state index is 13.2. The zero-order valence-corrected chi connectivity index (χ0v) is 11.8. The van der Waals surface area contributed by atoms with Crippen LogP contribution >= 0.6 is 0 Å². The molecule has 106 valence electrons. The lowest BCUT2D eigenvalue weighted by atomic mass is 10.1. The van der Waals surface area contributed by atoms with E-state index < -0.39 is 0 Å². The quantitative estimate of drug-likeness (QED) is 0.796. The van der Waals surface area contributed by atoms with Gasteiger partial charge >= 0.3 is 0 Å². The molecule has 2 aromatic carbocycles. The molecule has 0 unspecified atom stereocenters. The van der Waals surface area contributed by atoms with Crippen LogP contribution in [-0.2, 0) is 6.54 Å². The van der Waals surface area contributed by atoms with E-state index in [1.54, 1.807) is 16.9 Å². The zero-order chi connectivity index (χ0) is 14.8. The van der Waals surface area contributed by atoms with Crippen molar-refractivity contribution >= 4 is 5.69 Å². The molecule has 4 heteroatoms. The molecule has 0 saturated carbocycles. The fraction of sp³-hybridized carbons (Fsp3) is 0.118. The summed E-state index contributed by atoms with van der Waals surface area (Å²) < 4.78 is 14.9. The van der Waals surface area contributed by atoms with Crippen LogP contribution in [0.25, 0.3) is 11.3 Å². The number of nitrogens with two attached hydrogens (primary N) is 1. The number of halogens is 1. The van der Waals surface area contributed by atoms with Crippen molar-refractivity contribution in [2.45, 2.75) is 13.5 Å². The highest BCUT2D eigenvalue weighted by atomic mass is 19.1. The highest BCUT2D eigenvalue weighted by molar-refractivity contribution is 5.72. The topological polar surface area (TPSA) is 43.8 Å². The Bertz CT molecular complexity index is 777. The van der Waals surface area contributed by atoms with Crippen molar-refractivity contribution in [2.75, 3.05) is 5.73 Å². The van der Waals surface area contributed by atoms with Crippen LogP contribution in [-0.4, -0.2) is 9.78 Å². The van der Waals surface area contributed by atoms with Crippen molar-refractivity contribution in [3.8, 4) is 11.3 Å². The Morgan fingerprint density at radius 3 is 2.71 bits per heavy atom. The summed E-state index contributed by atoms with van der Waals surface area (Å²) in [5.74, 6) is -0.244. The van der Waals surface area contributed by atoms with Crippen LogP contribution in [0.1, 0.15) is 11.1 Å². The standard InChI is InChI=1S/C17H16FN3/c1-12-4-2-6-14(8-12)17-16(19)11-21(20-17)10-13-5-3-7-15(18)9-13/h2-9,11H,10,19H2,1H3. The molecule has 0 amide bonds. The molecule has 1 heterocycles. The molecule has 0 spiro atoms. The Morgan fingerprint density at radius 1 is 1.14 bits per heavy atom. The van der Waals surface area contributed by atoms with Gasteiger partial charge in [-0.2, -0.15) is 5.10 Å². The van der Waals surface area contributed by atoms with Gasteiger partial charge in [0.2, 0.25) is 0 Å². The number of hydrogen-bond acceptors (Lipinski definition) is 2. The number of benzene rings is 2. The van der Waals surface area contributed by atoms with E-state index in [1.807, 2.05) is 37.3 Å². The Kier molecular flexibility index (Phi) is 3.44. The van der Waals surface area contributed by atoms with Crippen LogP contribution < -0.4 is 5.73 Å². The van der Waals surface area contributed by atoms with Crippen LogP contribution in [0.2, 0.25) is 0 Å². The Morgan fingerprint density at radius 2 is 1.95 bits per heavy atom. The number of nitrogen functional groups attached to an aromatic ring is 1. The number of aromatic nitrogens is 2. The molecule has 0 aliphatic heterocycles. The summed E-state index contributed by atoms with van der Waals surface area (Å²) in [5.41, 5.74) is 10.4. The number of nitrogens with zero attached hydrogens (tertiary/aromatic N) is 2. The fourth-order valence-corrected chi connectivity index (χ4v) is 2.36. The Labute approximate surface area is 122 Å². The molecule has 0 atom stereocenters. The van der Waals surface area contributed by atoms with Gasteiger partial charge in [-0.05, 0) is 30.7 Å². The second-order valence-corrected chi connectivity index (χ2v) is 5.13. The highest BCUT2D eigenvalue weighted by Gasteiger charge is 2.09. The molecule has 3 nitrogen and oxygen atoms in total. The van der Waals surface area contributed by atoms with Crippen molar-refractivity contribution in [2.24, 2.45) is 0 Å². The van der Waals surface area contributed by atoms with E-state index >= 15 is 0 Å². The van der Waals surface area contributed by atoms with E-state index in [-0.39, 0.29) is 5.82 Å². The molecule has 0 fully saturated rings. The van der Waals surface area contributed by atoms with Gasteiger partial charge in [0.25, 0.3) is 0 Å². The lowest BCUT2D eigenvalue weighted by Crippen LogP contribution is -2.00. The number of aryl methyl sites for hydroxylation is 1. The summed E-state index contributed by atoms with van der Waals surface area (Å²) in [5, 5.41) is 4.52. The van der Waals surface area contributed by atoms with E-state index in [2.05, 4.69) is 5.10 Å². The summed E-state index contributed by atoms with van der Waals surface area (Å²) in [7, 11) is 0. The van der Waals surface area contributed by atoms with E-state index in [1.165, 1.54) is 12.1 Å². The van der Waals surface area contributed by atoms with Gasteiger partial charge in [0.1, 0.15) is 11.5 Å². The van der Waals surface area contributed by atoms with Gasteiger partial charge < -0.3 is 5.73 Å². The fourth-order valence-electron chi connectivity index (χ4n) is 2.36. The predicted octanol–water partition coefficient (Wildman–Crippen LogP) is 3.63. The molecule has 0 saturated heterocycles. The van der Waals surface area contributed by atoms with Crippen LogP contribution in [0.3, 0.4) is 0 Å². The van der Waals surface area contributed by atoms with Crippen LogP contribution in [0, 0.1) is 12.7 Å². The molecule has 1 aromatic heterocycles. The van der Waals surface area contributed by atoms with Crippen LogP contribution in [0.15, 0.2) is 54.7 Å². The summed E-state index contributed by atoms with van der Waals surface area (Å²) in [6.07, 6.45) is 1.78. The lowest BCUT2D eigenvalue weighted by molar-refractivity contribution is 0.619. The largest absolute Gasteiger partial charge is 0.396 e. The third-order valence-corrected chi connectivity index (χ3v) is 3.32. The van der Waals surface area contributed by atoms with E-state index in [0.29, 0.717) is 12.2 Å². The van der Waals surface area contributed by atoms with Gasteiger partial charge in [0.15, 0.2) is 0 Å². The molecule has 21 heavy (non-hydrogen) atoms. The minimum absolute atomic E-state index is 0.244. The van der Waals surface area contributed by atoms with E-state index in [4.69, 9.17) is 5.73 Å². The molecule has 0 aliphatic carbocycles. The van der Waals surface area contributed by atoms with Gasteiger partial charge in [-0.25, -0.2) is 4.39 Å². The minimum atomic E-state index is -0.244. The molecule has 2 N–H and O–H groups in total. The second-order valence-electron chi connectivity index (χ2n) is 5.13. The van der Waals surface area contributed by atoms with Crippen molar-refractivity contribution in [1.29, 1.82) is 0 Å². The van der Waals surface area contributed by atoms with Crippen LogP contribution in [0.5, 0.6) is 0 Å². The van der Waals surface area contributed by atoms with Crippen molar-refractivity contribution in [3.63, 3.8) is 0 Å². The molecule has 0 radical (unpaired) electrons. The van der Waals surface area contributed by atoms with Gasteiger partial charge in [-0.3, -0.25) is 4.68 Å². The Balaban J connectivity index is 1.91. The molecule has 3 rings (SSSR count). The smallest absolute Gasteiger partial charge is 0.123 e. The van der Waals surface area contributed by atoms with E-state index in [0.717, 1.165) is 22.4 Å². The maximum atomic E-state index is 13.2. The van der Waals surface area contributed by atoms with Crippen molar-refractivity contribution < 1.29 is 4.39 Å². The molecular formula is C17H16FN3. The third-order valence-electron chi connectivity index (χ3n) is 3.32. The van der Waals surface area contributed by atoms with Gasteiger partial charge in [-0.15, -0.1) is 0 Å². The van der Waals surface area contributed by atoms with Gasteiger partial charge in [0.05, 0.1) is 12.2 Å². The first-order valence-electron chi connectivity index (χ1n) is 6.76. The van der Waals surface area contributed by atoms with Crippen molar-refractivity contribution in [3.05, 3.63) is 71.7 Å². The highest BCUT2D eigenvalue weighted by Crippen LogP contribution is 2.25. The van der Waals surface area contributed by atoms with Crippen LogP contribution in [0.4, 0.5) is 10.1 Å². The van der Waals surface area contributed by atoms with Gasteiger partial charge in [-0.1, -0.05) is 35.9 Å². The monoisotopic (exact) mass is 281 g/mol. The first kappa shape index (κ1) is 13.4. The predicted molar refractivity (Wildman–Crippen MR) is 82.3 cm³/mol. The molecule has 0 aliphatic rings. The SMILES string of the molecule is Cc1cccc(-c2nn(Cc3cccc(F)c3)cc2N)c1. The maximum Gasteiger partial charge on any atom is 0.123 e. The average Bonchev–Trinajstić information content (AvgIpc) is 2.79. The lowest BCUT2D eigenvalue weighted by Gasteiger charge is -2.02. The van der Waals surface area contributed by atoms with Crippen molar-refractivity contribution in [1.82, 2.24) is 9.78 Å². The molecule has 0 bridgehead atoms. The summed E-state index contributed by atoms with van der Waals surface area (Å²) in [6.45, 7) is 2.53.